The van der Waals surface area contributed by atoms with Gasteiger partial charge in [0.05, 0.1) is 1.37 Å². The van der Waals surface area contributed by atoms with Crippen LogP contribution in [0.3, 0.4) is 0 Å². The van der Waals surface area contributed by atoms with Gasteiger partial charge < -0.3 is 0 Å². The highest BCUT2D eigenvalue weighted by Gasteiger charge is 2.13. The number of hydrogen-bond donors (Lipinski definition) is 0. The molecule has 1 aromatic heterocycles. The normalized spacial score (nSPS) is 12.9. The fraction of sp³-hybridized carbons (Fsp3) is 0.444. The van der Waals surface area contributed by atoms with E-state index in [0.717, 1.165) is 5.69 Å². The Morgan fingerprint density at radius 2 is 2.10 bits per heavy atom. The summed E-state index contributed by atoms with van der Waals surface area (Å²) < 4.78 is 7.56. The second kappa shape index (κ2) is 2.41. The summed E-state index contributed by atoms with van der Waals surface area (Å²) in [5.41, 5.74) is 0.846. The Balaban J connectivity index is 3.14. The fourth-order valence-corrected chi connectivity index (χ4v) is 0.735. The molecule has 0 saturated heterocycles. The number of rotatable bonds is 0. The third-order valence-electron chi connectivity index (χ3n) is 1.32. The van der Waals surface area contributed by atoms with Gasteiger partial charge in [0.1, 0.15) is 0 Å². The van der Waals surface area contributed by atoms with Crippen molar-refractivity contribution in [2.24, 2.45) is 0 Å². The summed E-state index contributed by atoms with van der Waals surface area (Å²) in [4.78, 5) is 4.16. The average molecular weight is 136 g/mol. The molecule has 1 rings (SSSR count). The molecule has 0 aliphatic heterocycles. The molecule has 1 heteroatoms. The first-order chi connectivity index (χ1) is 5.02. The van der Waals surface area contributed by atoms with Crippen molar-refractivity contribution in [1.82, 2.24) is 4.98 Å². The van der Waals surface area contributed by atoms with Crippen LogP contribution in [0.2, 0.25) is 0 Å². The van der Waals surface area contributed by atoms with Crippen molar-refractivity contribution in [3.05, 3.63) is 30.1 Å². The summed E-state index contributed by atoms with van der Waals surface area (Å²) in [6.07, 6.45) is 1.73. The Kier molecular flexibility index (Phi) is 1.42. The lowest BCUT2D eigenvalue weighted by atomic mass is 9.92. The van der Waals surface area contributed by atoms with Crippen LogP contribution in [0, 0.1) is 0 Å². The molecule has 54 valence electrons. The van der Waals surface area contributed by atoms with Gasteiger partial charge in [0.25, 0.3) is 0 Å². The van der Waals surface area contributed by atoms with Crippen LogP contribution in [-0.2, 0) is 5.41 Å². The van der Waals surface area contributed by atoms with Gasteiger partial charge in [-0.1, -0.05) is 26.8 Å². The highest BCUT2D eigenvalue weighted by atomic mass is 14.7. The van der Waals surface area contributed by atoms with Crippen LogP contribution >= 0.6 is 0 Å². The molecule has 0 aromatic carbocycles. The molecule has 1 heterocycles. The lowest BCUT2D eigenvalue weighted by Gasteiger charge is -2.16. The van der Waals surface area contributed by atoms with E-state index < -0.39 is 0 Å². The summed E-state index contributed by atoms with van der Waals surface area (Å²) in [5, 5.41) is 0. The zero-order valence-electron chi connectivity index (χ0n) is 7.68. The lowest BCUT2D eigenvalue weighted by Crippen LogP contribution is -2.12. The van der Waals surface area contributed by atoms with Crippen molar-refractivity contribution in [2.45, 2.75) is 26.2 Å². The molecule has 10 heavy (non-hydrogen) atoms. The van der Waals surface area contributed by atoms with E-state index in [4.69, 9.17) is 1.37 Å². The second-order valence-corrected chi connectivity index (χ2v) is 3.38. The van der Waals surface area contributed by atoms with Crippen molar-refractivity contribution in [3.63, 3.8) is 0 Å². The molecule has 0 spiro atoms. The lowest BCUT2D eigenvalue weighted by molar-refractivity contribution is 0.569. The topological polar surface area (TPSA) is 12.9 Å². The summed E-state index contributed by atoms with van der Waals surface area (Å²) in [6.45, 7) is 6.19. The monoisotopic (exact) mass is 136 g/mol. The second-order valence-electron chi connectivity index (χ2n) is 3.38. The van der Waals surface area contributed by atoms with Gasteiger partial charge in [-0.3, -0.25) is 4.98 Å². The molecule has 0 aliphatic carbocycles. The van der Waals surface area contributed by atoms with Crippen molar-refractivity contribution in [3.8, 4) is 0 Å². The van der Waals surface area contributed by atoms with E-state index in [1.807, 2.05) is 0 Å². The Morgan fingerprint density at radius 3 is 2.50 bits per heavy atom. The minimum atomic E-state index is -0.0155. The van der Waals surface area contributed by atoms with Gasteiger partial charge in [0, 0.05) is 17.3 Å². The average Bonchev–Trinajstić information content (AvgIpc) is 1.86. The molecule has 1 aromatic rings. The summed E-state index contributed by atoms with van der Waals surface area (Å²) in [6, 6.07) is 4.09. The first-order valence-electron chi connectivity index (χ1n) is 3.94. The SMILES string of the molecule is [2H]c1cccnc1C(C)(C)C. The molecular weight excluding hydrogens is 122 g/mol. The molecule has 0 bridgehead atoms. The van der Waals surface area contributed by atoms with Crippen LogP contribution in [0.25, 0.3) is 0 Å². The number of nitrogens with zero attached hydrogens (tertiary/aromatic N) is 1. The van der Waals surface area contributed by atoms with E-state index >= 15 is 0 Å². The standard InChI is InChI=1S/C9H13N/c1-9(2,3)8-6-4-5-7-10-8/h4-7H,1-3H3/i6D. The molecule has 0 atom stereocenters. The zero-order chi connectivity index (χ0) is 8.48. The highest BCUT2D eigenvalue weighted by molar-refractivity contribution is 5.12. The molecule has 1 nitrogen and oxygen atoms in total. The fourth-order valence-electron chi connectivity index (χ4n) is 0.735. The third kappa shape index (κ3) is 1.56. The molecular formula is C9H13N. The smallest absolute Gasteiger partial charge is 0.0642 e. The van der Waals surface area contributed by atoms with E-state index in [1.54, 1.807) is 18.3 Å². The first kappa shape index (κ1) is 5.90. The molecule has 0 amide bonds. The number of hydrogen-bond acceptors (Lipinski definition) is 1. The summed E-state index contributed by atoms with van der Waals surface area (Å²) in [5.74, 6) is 0. The zero-order valence-corrected chi connectivity index (χ0v) is 6.68. The minimum absolute atomic E-state index is 0.0155. The van der Waals surface area contributed by atoms with E-state index in [1.165, 1.54) is 0 Å². The molecule has 0 fully saturated rings. The van der Waals surface area contributed by atoms with E-state index in [-0.39, 0.29) is 5.41 Å². The van der Waals surface area contributed by atoms with Gasteiger partial charge in [-0.05, 0) is 12.1 Å². The quantitative estimate of drug-likeness (QED) is 0.533. The Bertz CT molecular complexity index is 250. The Morgan fingerprint density at radius 1 is 1.40 bits per heavy atom. The summed E-state index contributed by atoms with van der Waals surface area (Å²) >= 11 is 0. The largest absolute Gasteiger partial charge is 0.261 e. The predicted octanol–water partition coefficient (Wildman–Crippen LogP) is 2.38. The Hall–Kier alpha value is -0.850. The van der Waals surface area contributed by atoms with Gasteiger partial charge >= 0.3 is 0 Å². The van der Waals surface area contributed by atoms with Crippen LogP contribution in [-0.4, -0.2) is 4.98 Å². The van der Waals surface area contributed by atoms with Crippen molar-refractivity contribution < 1.29 is 1.37 Å². The third-order valence-corrected chi connectivity index (χ3v) is 1.32. The van der Waals surface area contributed by atoms with Crippen molar-refractivity contribution in [1.29, 1.82) is 0 Å². The van der Waals surface area contributed by atoms with E-state index in [2.05, 4.69) is 25.8 Å². The maximum absolute atomic E-state index is 7.56. The first-order valence-corrected chi connectivity index (χ1v) is 3.44. The van der Waals surface area contributed by atoms with Gasteiger partial charge in [-0.15, -0.1) is 0 Å². The number of aromatic nitrogens is 1. The summed E-state index contributed by atoms with van der Waals surface area (Å²) in [7, 11) is 0. The molecule has 0 radical (unpaired) electrons. The van der Waals surface area contributed by atoms with Crippen LogP contribution in [0.5, 0.6) is 0 Å². The van der Waals surface area contributed by atoms with Crippen LogP contribution in [0.4, 0.5) is 0 Å². The van der Waals surface area contributed by atoms with Gasteiger partial charge in [0.2, 0.25) is 0 Å². The minimum Gasteiger partial charge on any atom is -0.261 e. The van der Waals surface area contributed by atoms with Crippen LogP contribution < -0.4 is 0 Å². The highest BCUT2D eigenvalue weighted by Crippen LogP contribution is 2.18. The van der Waals surface area contributed by atoms with Gasteiger partial charge in [-0.2, -0.15) is 0 Å². The maximum atomic E-state index is 7.56. The molecule has 0 N–H and O–H groups in total. The molecule has 0 saturated carbocycles. The van der Waals surface area contributed by atoms with Gasteiger partial charge in [0.15, 0.2) is 0 Å². The van der Waals surface area contributed by atoms with E-state index in [9.17, 15) is 0 Å². The maximum Gasteiger partial charge on any atom is 0.0642 e. The Labute approximate surface area is 63.5 Å². The molecule has 0 unspecified atom stereocenters. The molecule has 0 aliphatic rings. The van der Waals surface area contributed by atoms with E-state index in [0.29, 0.717) is 6.04 Å². The van der Waals surface area contributed by atoms with Crippen molar-refractivity contribution >= 4 is 0 Å². The van der Waals surface area contributed by atoms with Crippen LogP contribution in [0.1, 0.15) is 27.8 Å². The predicted molar refractivity (Wildman–Crippen MR) is 42.9 cm³/mol. The number of pyridine rings is 1. The van der Waals surface area contributed by atoms with Crippen molar-refractivity contribution in [2.75, 3.05) is 0 Å². The van der Waals surface area contributed by atoms with Gasteiger partial charge in [-0.25, -0.2) is 0 Å². The van der Waals surface area contributed by atoms with Crippen LogP contribution in [0.15, 0.2) is 24.4 Å².